The van der Waals surface area contributed by atoms with Gasteiger partial charge in [-0.3, -0.25) is 4.98 Å². The third-order valence-corrected chi connectivity index (χ3v) is 4.36. The van der Waals surface area contributed by atoms with E-state index in [1.165, 1.54) is 0 Å². The average Bonchev–Trinajstić information content (AvgIpc) is 2.66. The molecule has 27 heavy (non-hydrogen) atoms. The number of benzene rings is 1. The molecule has 1 heterocycles. The summed E-state index contributed by atoms with van der Waals surface area (Å²) in [5, 5.41) is 1.66. The van der Waals surface area contributed by atoms with Gasteiger partial charge >= 0.3 is 8.25 Å². The standard InChI is InChI=1S/C20H26N2O4P/c1-15(2)22(16(3)4)26-27(23)25-20(18-9-7-11-21-14-18)13-17-8-6-10-19(12-17)24-5/h6-16H,1-5H3/q+1. The summed E-state index contributed by atoms with van der Waals surface area (Å²) < 4.78 is 29.0. The van der Waals surface area contributed by atoms with Gasteiger partial charge in [-0.25, -0.2) is 4.52 Å². The number of nitrogens with zero attached hydrogens (tertiary/aromatic N) is 2. The van der Waals surface area contributed by atoms with Gasteiger partial charge in [-0.1, -0.05) is 12.1 Å². The van der Waals surface area contributed by atoms with E-state index in [1.807, 2.05) is 58.0 Å². The van der Waals surface area contributed by atoms with E-state index in [1.54, 1.807) is 36.7 Å². The maximum absolute atomic E-state index is 12.5. The summed E-state index contributed by atoms with van der Waals surface area (Å²) >= 11 is 0. The second-order valence-corrected chi connectivity index (χ2v) is 7.26. The molecule has 0 aliphatic rings. The fraction of sp³-hybridized carbons (Fsp3) is 0.350. The molecule has 0 amide bonds. The second-order valence-electron chi connectivity index (χ2n) is 6.47. The minimum atomic E-state index is -2.41. The molecule has 1 atom stereocenters. The number of rotatable bonds is 9. The molecule has 2 aromatic rings. The number of hydroxylamine groups is 2. The van der Waals surface area contributed by atoms with E-state index in [4.69, 9.17) is 13.9 Å². The summed E-state index contributed by atoms with van der Waals surface area (Å²) in [7, 11) is -0.797. The number of aromatic nitrogens is 1. The van der Waals surface area contributed by atoms with Crippen molar-refractivity contribution in [2.45, 2.75) is 39.8 Å². The van der Waals surface area contributed by atoms with Gasteiger partial charge in [0, 0.05) is 34.6 Å². The number of ether oxygens (including phenoxy) is 1. The Labute approximate surface area is 161 Å². The van der Waals surface area contributed by atoms with E-state index < -0.39 is 8.25 Å². The van der Waals surface area contributed by atoms with Crippen LogP contribution in [0, 0.1) is 0 Å². The molecule has 0 spiro atoms. The Kier molecular flexibility index (Phi) is 7.92. The Morgan fingerprint density at radius 3 is 2.48 bits per heavy atom. The molecule has 0 aliphatic carbocycles. The van der Waals surface area contributed by atoms with Crippen molar-refractivity contribution in [2.24, 2.45) is 0 Å². The van der Waals surface area contributed by atoms with E-state index in [0.717, 1.165) is 11.3 Å². The molecule has 2 rings (SSSR count). The summed E-state index contributed by atoms with van der Waals surface area (Å²) in [5.41, 5.74) is 1.55. The van der Waals surface area contributed by atoms with Crippen LogP contribution in [0.3, 0.4) is 0 Å². The molecule has 1 aromatic carbocycles. The number of methoxy groups -OCH3 is 1. The zero-order chi connectivity index (χ0) is 19.8. The Morgan fingerprint density at radius 1 is 1.15 bits per heavy atom. The van der Waals surface area contributed by atoms with Crippen molar-refractivity contribution in [3.05, 3.63) is 59.9 Å². The fourth-order valence-corrected chi connectivity index (χ4v) is 3.40. The minimum absolute atomic E-state index is 0.0664. The summed E-state index contributed by atoms with van der Waals surface area (Å²) in [4.78, 5) is 4.11. The Morgan fingerprint density at radius 2 is 1.89 bits per heavy atom. The predicted molar refractivity (Wildman–Crippen MR) is 107 cm³/mol. The van der Waals surface area contributed by atoms with Gasteiger partial charge in [-0.15, -0.1) is 5.06 Å². The second kappa shape index (κ2) is 10.2. The number of pyridine rings is 1. The van der Waals surface area contributed by atoms with E-state index in [9.17, 15) is 4.57 Å². The molecule has 0 aliphatic heterocycles. The third kappa shape index (κ3) is 6.43. The van der Waals surface area contributed by atoms with Gasteiger partial charge in [0.2, 0.25) is 0 Å². The van der Waals surface area contributed by atoms with Gasteiger partial charge < -0.3 is 4.74 Å². The van der Waals surface area contributed by atoms with Crippen molar-refractivity contribution in [2.75, 3.05) is 7.11 Å². The Bertz CT molecular complexity index is 771. The van der Waals surface area contributed by atoms with Crippen molar-refractivity contribution >= 4 is 20.1 Å². The van der Waals surface area contributed by atoms with Crippen LogP contribution in [-0.2, 0) is 13.7 Å². The van der Waals surface area contributed by atoms with Crippen LogP contribution in [0.4, 0.5) is 0 Å². The first kappa shape index (κ1) is 21.0. The lowest BCUT2D eigenvalue weighted by molar-refractivity contribution is -0.112. The predicted octanol–water partition coefficient (Wildman–Crippen LogP) is 5.31. The largest absolute Gasteiger partial charge is 0.769 e. The van der Waals surface area contributed by atoms with Crippen LogP contribution in [0.2, 0.25) is 0 Å². The molecule has 6 nitrogen and oxygen atoms in total. The lowest BCUT2D eigenvalue weighted by Crippen LogP contribution is -2.35. The maximum Gasteiger partial charge on any atom is 0.769 e. The molecule has 0 bridgehead atoms. The van der Waals surface area contributed by atoms with E-state index in [2.05, 4.69) is 4.98 Å². The van der Waals surface area contributed by atoms with Gasteiger partial charge in [-0.2, -0.15) is 0 Å². The molecule has 1 unspecified atom stereocenters. The summed E-state index contributed by atoms with van der Waals surface area (Å²) in [6, 6.07) is 11.3. The summed E-state index contributed by atoms with van der Waals surface area (Å²) in [6.45, 7) is 7.88. The lowest BCUT2D eigenvalue weighted by atomic mass is 10.1. The minimum Gasteiger partial charge on any atom is -0.497 e. The van der Waals surface area contributed by atoms with E-state index in [-0.39, 0.29) is 12.1 Å². The van der Waals surface area contributed by atoms with Crippen molar-refractivity contribution < 1.29 is 18.5 Å². The van der Waals surface area contributed by atoms with Crippen LogP contribution in [0.5, 0.6) is 5.75 Å². The molecule has 0 fully saturated rings. The van der Waals surface area contributed by atoms with Crippen LogP contribution in [0.25, 0.3) is 11.8 Å². The van der Waals surface area contributed by atoms with Crippen LogP contribution in [0.1, 0.15) is 38.8 Å². The van der Waals surface area contributed by atoms with Gasteiger partial charge in [0.05, 0.1) is 7.11 Å². The van der Waals surface area contributed by atoms with Crippen LogP contribution >= 0.6 is 8.25 Å². The first-order chi connectivity index (χ1) is 12.9. The maximum atomic E-state index is 12.5. The topological polar surface area (TPSA) is 60.9 Å². The molecular weight excluding hydrogens is 363 g/mol. The van der Waals surface area contributed by atoms with E-state index in [0.29, 0.717) is 11.3 Å². The van der Waals surface area contributed by atoms with Crippen molar-refractivity contribution in [1.29, 1.82) is 0 Å². The van der Waals surface area contributed by atoms with Crippen molar-refractivity contribution in [3.8, 4) is 5.75 Å². The highest BCUT2D eigenvalue weighted by molar-refractivity contribution is 7.33. The van der Waals surface area contributed by atoms with Gasteiger partial charge in [0.15, 0.2) is 5.76 Å². The van der Waals surface area contributed by atoms with E-state index >= 15 is 0 Å². The van der Waals surface area contributed by atoms with Crippen molar-refractivity contribution in [3.63, 3.8) is 0 Å². The SMILES string of the molecule is COc1cccc(C=C(O[P+](=O)ON(C(C)C)C(C)C)c2cccnc2)c1. The highest BCUT2D eigenvalue weighted by Crippen LogP contribution is 2.35. The summed E-state index contributed by atoms with van der Waals surface area (Å²) in [6.07, 6.45) is 5.10. The molecule has 0 N–H and O–H groups in total. The Balaban J connectivity index is 2.28. The monoisotopic (exact) mass is 389 g/mol. The molecular formula is C20H26N2O4P+. The number of hydrogen-bond donors (Lipinski definition) is 0. The zero-order valence-corrected chi connectivity index (χ0v) is 17.2. The molecule has 0 radical (unpaired) electrons. The van der Waals surface area contributed by atoms with Gasteiger partial charge in [-0.05, 0) is 68.2 Å². The zero-order valence-electron chi connectivity index (χ0n) is 16.3. The normalized spacial score (nSPS) is 12.6. The molecule has 144 valence electrons. The van der Waals surface area contributed by atoms with Crippen LogP contribution in [-0.4, -0.2) is 29.2 Å². The lowest BCUT2D eigenvalue weighted by Gasteiger charge is -2.22. The van der Waals surface area contributed by atoms with Gasteiger partial charge in [0.1, 0.15) is 5.75 Å². The van der Waals surface area contributed by atoms with Crippen LogP contribution in [0.15, 0.2) is 48.8 Å². The molecule has 7 heteroatoms. The molecule has 1 aromatic heterocycles. The summed E-state index contributed by atoms with van der Waals surface area (Å²) in [5.74, 6) is 1.13. The average molecular weight is 389 g/mol. The number of hydrogen-bond acceptors (Lipinski definition) is 6. The van der Waals surface area contributed by atoms with Gasteiger partial charge in [0.25, 0.3) is 0 Å². The van der Waals surface area contributed by atoms with Crippen LogP contribution < -0.4 is 4.74 Å². The highest BCUT2D eigenvalue weighted by Gasteiger charge is 2.32. The van der Waals surface area contributed by atoms with Crippen molar-refractivity contribution in [1.82, 2.24) is 10.0 Å². The fourth-order valence-electron chi connectivity index (χ4n) is 2.51. The first-order valence-corrected chi connectivity index (χ1v) is 9.88. The Hall–Kier alpha value is -2.27. The highest BCUT2D eigenvalue weighted by atomic mass is 31.1. The molecule has 0 saturated carbocycles. The molecule has 0 saturated heterocycles. The third-order valence-electron chi connectivity index (χ3n) is 3.69. The quantitative estimate of drug-likeness (QED) is 0.329. The smallest absolute Gasteiger partial charge is 0.497 e. The first-order valence-electron chi connectivity index (χ1n) is 8.78.